The van der Waals surface area contributed by atoms with E-state index in [4.69, 9.17) is 15.2 Å². The second-order valence-corrected chi connectivity index (χ2v) is 5.88. The third kappa shape index (κ3) is 4.14. The summed E-state index contributed by atoms with van der Waals surface area (Å²) in [7, 11) is 3.28. The fourth-order valence-corrected chi connectivity index (χ4v) is 2.86. The number of ether oxygens (including phenoxy) is 2. The fourth-order valence-electron chi connectivity index (χ4n) is 2.86. The Balaban J connectivity index is 1.61. The van der Waals surface area contributed by atoms with Crippen LogP contribution in [0.4, 0.5) is 5.95 Å². The van der Waals surface area contributed by atoms with Gasteiger partial charge in [-0.15, -0.1) is 0 Å². The van der Waals surface area contributed by atoms with Crippen molar-refractivity contribution in [2.45, 2.75) is 6.54 Å². The maximum Gasteiger partial charge on any atom is 0.225 e. The zero-order valence-electron chi connectivity index (χ0n) is 15.1. The average Bonchev–Trinajstić information content (AvgIpc) is 2.72. The van der Waals surface area contributed by atoms with E-state index < -0.39 is 0 Å². The molecule has 0 spiro atoms. The summed E-state index contributed by atoms with van der Waals surface area (Å²) in [6, 6.07) is 7.47. The summed E-state index contributed by atoms with van der Waals surface area (Å²) in [4.78, 5) is 17.3. The highest BCUT2D eigenvalue weighted by molar-refractivity contribution is 5.78. The number of hydrogen-bond donors (Lipinski definition) is 1. The number of nitrogens with two attached hydrogens (primary N) is 1. The SMILES string of the molecule is COc1ccc(OC)c(CN=C(N)N2CCN(c3ncccn3)CC2)c1. The molecular weight excluding hydrogens is 332 g/mol. The Morgan fingerprint density at radius 2 is 1.85 bits per heavy atom. The van der Waals surface area contributed by atoms with Gasteiger partial charge in [-0.1, -0.05) is 0 Å². The van der Waals surface area contributed by atoms with Gasteiger partial charge in [0.25, 0.3) is 0 Å². The van der Waals surface area contributed by atoms with Crippen molar-refractivity contribution in [1.29, 1.82) is 0 Å². The minimum Gasteiger partial charge on any atom is -0.497 e. The smallest absolute Gasteiger partial charge is 0.225 e. The summed E-state index contributed by atoms with van der Waals surface area (Å²) in [5, 5.41) is 0. The van der Waals surface area contributed by atoms with Crippen molar-refractivity contribution in [3.8, 4) is 11.5 Å². The minimum absolute atomic E-state index is 0.439. The van der Waals surface area contributed by atoms with Crippen LogP contribution in [0, 0.1) is 0 Å². The molecule has 3 rings (SSSR count). The van der Waals surface area contributed by atoms with Crippen LogP contribution >= 0.6 is 0 Å². The molecule has 1 fully saturated rings. The largest absolute Gasteiger partial charge is 0.497 e. The summed E-state index contributed by atoms with van der Waals surface area (Å²) in [5.41, 5.74) is 7.13. The van der Waals surface area contributed by atoms with Crippen molar-refractivity contribution in [2.24, 2.45) is 10.7 Å². The van der Waals surface area contributed by atoms with E-state index in [1.165, 1.54) is 0 Å². The molecule has 1 aromatic carbocycles. The van der Waals surface area contributed by atoms with Crippen molar-refractivity contribution >= 4 is 11.9 Å². The monoisotopic (exact) mass is 356 g/mol. The number of aliphatic imine (C=N–C) groups is 1. The van der Waals surface area contributed by atoms with Gasteiger partial charge in [0.2, 0.25) is 5.95 Å². The fraction of sp³-hybridized carbons (Fsp3) is 0.389. The Labute approximate surface area is 153 Å². The molecule has 0 bridgehead atoms. The summed E-state index contributed by atoms with van der Waals surface area (Å²) < 4.78 is 10.7. The number of piperazine rings is 1. The number of benzene rings is 1. The van der Waals surface area contributed by atoms with Crippen molar-refractivity contribution in [3.05, 3.63) is 42.2 Å². The highest BCUT2D eigenvalue weighted by Gasteiger charge is 2.20. The zero-order valence-corrected chi connectivity index (χ0v) is 15.1. The van der Waals surface area contributed by atoms with Gasteiger partial charge in [-0.2, -0.15) is 0 Å². The van der Waals surface area contributed by atoms with E-state index in [2.05, 4.69) is 24.8 Å². The van der Waals surface area contributed by atoms with Crippen molar-refractivity contribution in [3.63, 3.8) is 0 Å². The molecule has 8 nitrogen and oxygen atoms in total. The number of nitrogens with zero attached hydrogens (tertiary/aromatic N) is 5. The first-order chi connectivity index (χ1) is 12.7. The van der Waals surface area contributed by atoms with E-state index in [1.54, 1.807) is 26.6 Å². The van der Waals surface area contributed by atoms with Crippen molar-refractivity contribution in [2.75, 3.05) is 45.3 Å². The maximum absolute atomic E-state index is 6.20. The quantitative estimate of drug-likeness (QED) is 0.634. The zero-order chi connectivity index (χ0) is 18.4. The number of aromatic nitrogens is 2. The summed E-state index contributed by atoms with van der Waals surface area (Å²) in [5.74, 6) is 2.83. The molecule has 26 heavy (non-hydrogen) atoms. The average molecular weight is 356 g/mol. The summed E-state index contributed by atoms with van der Waals surface area (Å²) in [6.07, 6.45) is 3.51. The van der Waals surface area contributed by atoms with Gasteiger partial charge in [-0.3, -0.25) is 0 Å². The van der Waals surface area contributed by atoms with Crippen LogP contribution < -0.4 is 20.1 Å². The number of methoxy groups -OCH3 is 2. The molecule has 1 saturated heterocycles. The molecule has 0 amide bonds. The lowest BCUT2D eigenvalue weighted by atomic mass is 10.2. The summed E-state index contributed by atoms with van der Waals surface area (Å²) >= 11 is 0. The Morgan fingerprint density at radius 3 is 2.50 bits per heavy atom. The topological polar surface area (TPSA) is 89.1 Å². The minimum atomic E-state index is 0.439. The van der Waals surface area contributed by atoms with Crippen LogP contribution in [0.3, 0.4) is 0 Å². The Morgan fingerprint density at radius 1 is 1.12 bits per heavy atom. The second-order valence-electron chi connectivity index (χ2n) is 5.88. The Bertz CT molecular complexity index is 745. The molecule has 0 unspecified atom stereocenters. The van der Waals surface area contributed by atoms with Crippen LogP contribution in [0.5, 0.6) is 11.5 Å². The lowest BCUT2D eigenvalue weighted by Crippen LogP contribution is -2.51. The third-order valence-electron chi connectivity index (χ3n) is 4.34. The molecule has 138 valence electrons. The lowest BCUT2D eigenvalue weighted by Gasteiger charge is -2.35. The molecule has 1 aliphatic rings. The number of guanidine groups is 1. The molecule has 0 saturated carbocycles. The molecule has 2 aromatic rings. The van der Waals surface area contributed by atoms with Crippen LogP contribution in [0.1, 0.15) is 5.56 Å². The van der Waals surface area contributed by atoms with E-state index >= 15 is 0 Å². The van der Waals surface area contributed by atoms with Gasteiger partial charge in [0.1, 0.15) is 11.5 Å². The third-order valence-corrected chi connectivity index (χ3v) is 4.34. The lowest BCUT2D eigenvalue weighted by molar-refractivity contribution is 0.377. The first kappa shape index (κ1) is 17.8. The first-order valence-electron chi connectivity index (χ1n) is 8.49. The van der Waals surface area contributed by atoms with Gasteiger partial charge in [0.15, 0.2) is 5.96 Å². The number of hydrogen-bond acceptors (Lipinski definition) is 6. The maximum atomic E-state index is 6.20. The van der Waals surface area contributed by atoms with Crippen molar-refractivity contribution in [1.82, 2.24) is 14.9 Å². The van der Waals surface area contributed by atoms with Gasteiger partial charge >= 0.3 is 0 Å². The van der Waals surface area contributed by atoms with Gasteiger partial charge < -0.3 is 25.0 Å². The number of anilines is 1. The number of rotatable bonds is 5. The highest BCUT2D eigenvalue weighted by atomic mass is 16.5. The predicted octanol–water partition coefficient (Wildman–Crippen LogP) is 1.13. The molecule has 0 atom stereocenters. The van der Waals surface area contributed by atoms with E-state index in [-0.39, 0.29) is 0 Å². The van der Waals surface area contributed by atoms with E-state index in [9.17, 15) is 0 Å². The van der Waals surface area contributed by atoms with E-state index in [0.29, 0.717) is 12.5 Å². The molecule has 1 aliphatic heterocycles. The van der Waals surface area contributed by atoms with E-state index in [0.717, 1.165) is 49.2 Å². The Kier molecular flexibility index (Phi) is 5.73. The molecular formula is C18H24N6O2. The molecule has 2 N–H and O–H groups in total. The standard InChI is InChI=1S/C18H24N6O2/c1-25-15-4-5-16(26-2)14(12-15)13-22-17(19)23-8-10-24(11-9-23)18-20-6-3-7-21-18/h3-7,12H,8-11,13H2,1-2H3,(H2,19,22). The van der Waals surface area contributed by atoms with Crippen LogP contribution in [-0.2, 0) is 6.54 Å². The van der Waals surface area contributed by atoms with Gasteiger partial charge in [-0.05, 0) is 24.3 Å². The highest BCUT2D eigenvalue weighted by Crippen LogP contribution is 2.24. The van der Waals surface area contributed by atoms with Crippen LogP contribution in [0.25, 0.3) is 0 Å². The molecule has 1 aromatic heterocycles. The molecule has 2 heterocycles. The van der Waals surface area contributed by atoms with Crippen LogP contribution in [-0.4, -0.2) is 61.2 Å². The Hall–Kier alpha value is -3.03. The second kappa shape index (κ2) is 8.37. The van der Waals surface area contributed by atoms with E-state index in [1.807, 2.05) is 24.3 Å². The van der Waals surface area contributed by atoms with Crippen molar-refractivity contribution < 1.29 is 9.47 Å². The van der Waals surface area contributed by atoms with Gasteiger partial charge in [0, 0.05) is 44.1 Å². The first-order valence-corrected chi connectivity index (χ1v) is 8.49. The predicted molar refractivity (Wildman–Crippen MR) is 101 cm³/mol. The molecule has 0 radical (unpaired) electrons. The van der Waals surface area contributed by atoms with Gasteiger partial charge in [0.05, 0.1) is 20.8 Å². The van der Waals surface area contributed by atoms with Crippen LogP contribution in [0.2, 0.25) is 0 Å². The summed E-state index contributed by atoms with van der Waals surface area (Å²) in [6.45, 7) is 3.62. The van der Waals surface area contributed by atoms with Gasteiger partial charge in [-0.25, -0.2) is 15.0 Å². The normalized spacial score (nSPS) is 15.1. The van der Waals surface area contributed by atoms with Crippen LogP contribution in [0.15, 0.2) is 41.7 Å². The molecule has 0 aliphatic carbocycles. The molecule has 8 heteroatoms.